The molecule has 1 aliphatic heterocycles. The number of nitrogens with zero attached hydrogens (tertiary/aromatic N) is 1. The molecule has 0 bridgehead atoms. The zero-order valence-corrected chi connectivity index (χ0v) is 14.4. The monoisotopic (exact) mass is 344 g/mol. The van der Waals surface area contributed by atoms with Crippen molar-refractivity contribution in [2.75, 3.05) is 11.9 Å². The van der Waals surface area contributed by atoms with Crippen molar-refractivity contribution in [3.63, 3.8) is 0 Å². The zero-order chi connectivity index (χ0) is 17.8. The first-order chi connectivity index (χ1) is 12.8. The highest BCUT2D eigenvalue weighted by Gasteiger charge is 2.25. The molecule has 2 aromatic carbocycles. The number of para-hydroxylation sites is 1. The average Bonchev–Trinajstić information content (AvgIpc) is 2.70. The highest BCUT2D eigenvalue weighted by atomic mass is 16.5. The summed E-state index contributed by atoms with van der Waals surface area (Å²) in [7, 11) is 0. The predicted molar refractivity (Wildman–Crippen MR) is 101 cm³/mol. The van der Waals surface area contributed by atoms with Gasteiger partial charge in [0.2, 0.25) is 5.91 Å². The molecular formula is C22H20N2O2. The molecule has 1 atom stereocenters. The van der Waals surface area contributed by atoms with Crippen molar-refractivity contribution in [1.29, 1.82) is 0 Å². The lowest BCUT2D eigenvalue weighted by Gasteiger charge is -2.24. The molecule has 26 heavy (non-hydrogen) atoms. The average molecular weight is 344 g/mol. The second kappa shape index (κ2) is 7.40. The van der Waals surface area contributed by atoms with Crippen molar-refractivity contribution in [2.45, 2.75) is 12.8 Å². The summed E-state index contributed by atoms with van der Waals surface area (Å²) in [6.07, 6.45) is 5.16. The molecule has 130 valence electrons. The van der Waals surface area contributed by atoms with Crippen LogP contribution in [0.2, 0.25) is 0 Å². The summed E-state index contributed by atoms with van der Waals surface area (Å²) in [6.45, 7) is 0.420. The fraction of sp³-hybridized carbons (Fsp3) is 0.182. The van der Waals surface area contributed by atoms with Gasteiger partial charge in [-0.1, -0.05) is 30.3 Å². The molecule has 2 heterocycles. The first-order valence-corrected chi connectivity index (χ1v) is 8.77. The van der Waals surface area contributed by atoms with Crippen molar-refractivity contribution in [1.82, 2.24) is 4.98 Å². The number of ether oxygens (including phenoxy) is 1. The van der Waals surface area contributed by atoms with Gasteiger partial charge in [-0.15, -0.1) is 0 Å². The molecule has 4 heteroatoms. The number of anilines is 1. The standard InChI is InChI=1S/C22H20N2O2/c25-22(19-14-18-3-1-2-4-21(18)26-15-19)24-20-7-5-16(6-8-20)13-17-9-11-23-12-10-17/h1-12,19H,13-15H2,(H,24,25). The fourth-order valence-corrected chi connectivity index (χ4v) is 3.18. The van der Waals surface area contributed by atoms with E-state index in [9.17, 15) is 4.79 Å². The number of nitrogens with one attached hydrogen (secondary N) is 1. The van der Waals surface area contributed by atoms with Gasteiger partial charge in [0.25, 0.3) is 0 Å². The summed E-state index contributed by atoms with van der Waals surface area (Å²) < 4.78 is 5.71. The second-order valence-corrected chi connectivity index (χ2v) is 6.54. The van der Waals surface area contributed by atoms with Gasteiger partial charge in [-0.05, 0) is 59.9 Å². The van der Waals surface area contributed by atoms with Gasteiger partial charge in [-0.25, -0.2) is 0 Å². The molecular weight excluding hydrogens is 324 g/mol. The second-order valence-electron chi connectivity index (χ2n) is 6.54. The van der Waals surface area contributed by atoms with Gasteiger partial charge in [0.1, 0.15) is 12.4 Å². The zero-order valence-electron chi connectivity index (χ0n) is 14.4. The van der Waals surface area contributed by atoms with E-state index in [0.717, 1.165) is 23.4 Å². The highest BCUT2D eigenvalue weighted by Crippen LogP contribution is 2.27. The van der Waals surface area contributed by atoms with E-state index in [-0.39, 0.29) is 11.8 Å². The first-order valence-electron chi connectivity index (χ1n) is 8.77. The number of hydrogen-bond acceptors (Lipinski definition) is 3. The van der Waals surface area contributed by atoms with Gasteiger partial charge >= 0.3 is 0 Å². The molecule has 0 radical (unpaired) electrons. The Bertz CT molecular complexity index is 892. The van der Waals surface area contributed by atoms with E-state index in [1.54, 1.807) is 12.4 Å². The summed E-state index contributed by atoms with van der Waals surface area (Å²) in [6, 6.07) is 19.9. The number of carbonyl (C=O) groups excluding carboxylic acids is 1. The highest BCUT2D eigenvalue weighted by molar-refractivity contribution is 5.93. The molecule has 1 unspecified atom stereocenters. The largest absolute Gasteiger partial charge is 0.492 e. The molecule has 0 spiro atoms. The topological polar surface area (TPSA) is 51.2 Å². The molecule has 1 N–H and O–H groups in total. The lowest BCUT2D eigenvalue weighted by atomic mass is 9.96. The van der Waals surface area contributed by atoms with E-state index >= 15 is 0 Å². The van der Waals surface area contributed by atoms with Gasteiger partial charge in [-0.2, -0.15) is 0 Å². The molecule has 3 aromatic rings. The molecule has 4 rings (SSSR count). The van der Waals surface area contributed by atoms with Gasteiger partial charge in [0.15, 0.2) is 0 Å². The summed E-state index contributed by atoms with van der Waals surface area (Å²) in [5, 5.41) is 3.00. The van der Waals surface area contributed by atoms with Crippen LogP contribution < -0.4 is 10.1 Å². The number of pyridine rings is 1. The number of rotatable bonds is 4. The maximum atomic E-state index is 12.6. The fourth-order valence-electron chi connectivity index (χ4n) is 3.18. The predicted octanol–water partition coefficient (Wildman–Crippen LogP) is 3.86. The number of amides is 1. The Morgan fingerprint density at radius 3 is 2.54 bits per heavy atom. The van der Waals surface area contributed by atoms with Crippen LogP contribution >= 0.6 is 0 Å². The van der Waals surface area contributed by atoms with E-state index in [1.807, 2.05) is 60.7 Å². The summed E-state index contributed by atoms with van der Waals surface area (Å²) in [5.74, 6) is 0.722. The Balaban J connectivity index is 1.37. The molecule has 4 nitrogen and oxygen atoms in total. The van der Waals surface area contributed by atoms with Gasteiger partial charge in [-0.3, -0.25) is 9.78 Å². The maximum absolute atomic E-state index is 12.6. The van der Waals surface area contributed by atoms with Crippen LogP contribution in [0.3, 0.4) is 0 Å². The number of carbonyl (C=O) groups is 1. The summed E-state index contributed by atoms with van der Waals surface area (Å²) in [4.78, 5) is 16.6. The van der Waals surface area contributed by atoms with E-state index in [4.69, 9.17) is 4.74 Å². The lowest BCUT2D eigenvalue weighted by molar-refractivity contribution is -0.121. The molecule has 0 saturated carbocycles. The summed E-state index contributed by atoms with van der Waals surface area (Å²) >= 11 is 0. The summed E-state index contributed by atoms with van der Waals surface area (Å²) in [5.41, 5.74) is 4.32. The molecule has 1 amide bonds. The Labute approximate surface area is 152 Å². The molecule has 0 saturated heterocycles. The van der Waals surface area contributed by atoms with Crippen LogP contribution in [0.1, 0.15) is 16.7 Å². The molecule has 0 fully saturated rings. The Hall–Kier alpha value is -3.14. The van der Waals surface area contributed by atoms with E-state index in [1.165, 1.54) is 11.1 Å². The van der Waals surface area contributed by atoms with Gasteiger partial charge in [0.05, 0.1) is 5.92 Å². The van der Waals surface area contributed by atoms with Crippen LogP contribution in [0.15, 0.2) is 73.1 Å². The van der Waals surface area contributed by atoms with Crippen LogP contribution in [0.4, 0.5) is 5.69 Å². The molecule has 1 aromatic heterocycles. The number of aromatic nitrogens is 1. The molecule has 1 aliphatic rings. The van der Waals surface area contributed by atoms with Crippen molar-refractivity contribution in [3.05, 3.63) is 89.7 Å². The van der Waals surface area contributed by atoms with Gasteiger partial charge in [0, 0.05) is 18.1 Å². The Morgan fingerprint density at radius 2 is 1.73 bits per heavy atom. The van der Waals surface area contributed by atoms with Crippen molar-refractivity contribution in [3.8, 4) is 5.75 Å². The third-order valence-electron chi connectivity index (χ3n) is 4.63. The van der Waals surface area contributed by atoms with Crippen molar-refractivity contribution < 1.29 is 9.53 Å². The van der Waals surface area contributed by atoms with Crippen LogP contribution in [0, 0.1) is 5.92 Å². The minimum atomic E-state index is -0.165. The van der Waals surface area contributed by atoms with Crippen LogP contribution in [0.5, 0.6) is 5.75 Å². The smallest absolute Gasteiger partial charge is 0.231 e. The van der Waals surface area contributed by atoms with E-state index in [2.05, 4.69) is 10.3 Å². The van der Waals surface area contributed by atoms with Crippen molar-refractivity contribution in [2.24, 2.45) is 5.92 Å². The number of benzene rings is 2. The maximum Gasteiger partial charge on any atom is 0.231 e. The third-order valence-corrected chi connectivity index (χ3v) is 4.63. The minimum absolute atomic E-state index is 0.00128. The minimum Gasteiger partial charge on any atom is -0.492 e. The normalized spacial score (nSPS) is 15.6. The molecule has 0 aliphatic carbocycles. The Morgan fingerprint density at radius 1 is 1.00 bits per heavy atom. The Kier molecular flexibility index (Phi) is 4.65. The first kappa shape index (κ1) is 16.3. The van der Waals surface area contributed by atoms with Gasteiger partial charge < -0.3 is 10.1 Å². The van der Waals surface area contributed by atoms with Crippen molar-refractivity contribution >= 4 is 11.6 Å². The van der Waals surface area contributed by atoms with Crippen LogP contribution in [0.25, 0.3) is 0 Å². The van der Waals surface area contributed by atoms with E-state index < -0.39 is 0 Å². The van der Waals surface area contributed by atoms with Crippen LogP contribution in [-0.4, -0.2) is 17.5 Å². The lowest BCUT2D eigenvalue weighted by Crippen LogP contribution is -2.32. The SMILES string of the molecule is O=C(Nc1ccc(Cc2ccncc2)cc1)C1COc2ccccc2C1. The third kappa shape index (κ3) is 3.75. The number of fused-ring (bicyclic) bond motifs is 1. The number of hydrogen-bond donors (Lipinski definition) is 1. The van der Waals surface area contributed by atoms with Crippen LogP contribution in [-0.2, 0) is 17.6 Å². The van der Waals surface area contributed by atoms with E-state index in [0.29, 0.717) is 13.0 Å². The quantitative estimate of drug-likeness (QED) is 0.782.